The molecule has 0 aromatic heterocycles. The van der Waals surface area contributed by atoms with Crippen molar-refractivity contribution >= 4 is 23.4 Å². The van der Waals surface area contributed by atoms with Crippen molar-refractivity contribution in [3.63, 3.8) is 0 Å². The van der Waals surface area contributed by atoms with E-state index in [-0.39, 0.29) is 52.1 Å². The number of phenols is 1. The Morgan fingerprint density at radius 2 is 1.88 bits per heavy atom. The van der Waals surface area contributed by atoms with Gasteiger partial charge in [0, 0.05) is 34.7 Å². The van der Waals surface area contributed by atoms with Crippen LogP contribution >= 0.6 is 0 Å². The van der Waals surface area contributed by atoms with E-state index in [0.717, 1.165) is 6.07 Å². The van der Waals surface area contributed by atoms with Gasteiger partial charge in [-0.05, 0) is 44.2 Å². The molecule has 0 spiro atoms. The second-order valence-electron chi connectivity index (χ2n) is 9.23. The first kappa shape index (κ1) is 21.5. The normalized spacial score (nSPS) is 29.0. The van der Waals surface area contributed by atoms with Crippen LogP contribution in [0, 0.1) is 23.6 Å². The van der Waals surface area contributed by atoms with Crippen LogP contribution in [-0.4, -0.2) is 39.9 Å². The molecule has 4 aliphatic rings. The predicted octanol–water partition coefficient (Wildman–Crippen LogP) is 3.37. The van der Waals surface area contributed by atoms with E-state index in [1.165, 1.54) is 17.0 Å². The Hall–Kier alpha value is -3.35. The van der Waals surface area contributed by atoms with E-state index in [2.05, 4.69) is 0 Å². The van der Waals surface area contributed by atoms with Crippen molar-refractivity contribution in [1.82, 2.24) is 4.90 Å². The van der Waals surface area contributed by atoms with Crippen molar-refractivity contribution in [2.75, 3.05) is 6.54 Å². The molecule has 7 heteroatoms. The minimum Gasteiger partial charge on any atom is -0.505 e. The van der Waals surface area contributed by atoms with Crippen molar-refractivity contribution in [1.29, 1.82) is 0 Å². The molecule has 0 radical (unpaired) electrons. The van der Waals surface area contributed by atoms with Gasteiger partial charge in [0.05, 0.1) is 11.8 Å². The number of nitrogens with zero attached hydrogens (tertiary/aromatic N) is 1. The summed E-state index contributed by atoms with van der Waals surface area (Å²) in [5.74, 6) is -4.95. The molecule has 1 N–H and O–H groups in total. The van der Waals surface area contributed by atoms with Gasteiger partial charge in [0.25, 0.3) is 0 Å². The highest BCUT2D eigenvalue weighted by atomic mass is 19.1. The lowest BCUT2D eigenvalue weighted by Gasteiger charge is -2.42. The molecule has 6 nitrogen and oxygen atoms in total. The van der Waals surface area contributed by atoms with Gasteiger partial charge in [0.1, 0.15) is 0 Å². The molecule has 1 saturated heterocycles. The second kappa shape index (κ2) is 7.61. The summed E-state index contributed by atoms with van der Waals surface area (Å²) in [6.45, 7) is 3.80. The van der Waals surface area contributed by atoms with Crippen molar-refractivity contribution in [2.45, 2.75) is 39.0 Å². The highest BCUT2D eigenvalue weighted by molar-refractivity contribution is 6.23. The fourth-order valence-electron chi connectivity index (χ4n) is 5.99. The third-order valence-electron chi connectivity index (χ3n) is 7.43. The van der Waals surface area contributed by atoms with Crippen LogP contribution in [-0.2, 0) is 19.2 Å². The van der Waals surface area contributed by atoms with Gasteiger partial charge in [-0.25, -0.2) is 4.39 Å². The number of benzene rings is 1. The van der Waals surface area contributed by atoms with E-state index < -0.39 is 35.2 Å². The second-order valence-corrected chi connectivity index (χ2v) is 9.23. The summed E-state index contributed by atoms with van der Waals surface area (Å²) in [4.78, 5) is 53.8. The average Bonchev–Trinajstić information content (AvgIpc) is 3.03. The van der Waals surface area contributed by atoms with Crippen LogP contribution in [0.5, 0.6) is 5.75 Å². The van der Waals surface area contributed by atoms with E-state index in [1.807, 2.05) is 13.0 Å². The van der Waals surface area contributed by atoms with Crippen LogP contribution in [0.15, 0.2) is 52.6 Å². The number of halogens is 1. The summed E-state index contributed by atoms with van der Waals surface area (Å²) in [6, 6.07) is 4.12. The fourth-order valence-corrected chi connectivity index (χ4v) is 5.99. The quantitative estimate of drug-likeness (QED) is 0.434. The Morgan fingerprint density at radius 1 is 1.12 bits per heavy atom. The van der Waals surface area contributed by atoms with Gasteiger partial charge >= 0.3 is 0 Å². The van der Waals surface area contributed by atoms with E-state index in [1.54, 1.807) is 13.0 Å². The lowest BCUT2D eigenvalue weighted by Crippen LogP contribution is -2.40. The van der Waals surface area contributed by atoms with Crippen molar-refractivity contribution in [3.05, 3.63) is 64.0 Å². The van der Waals surface area contributed by atoms with Gasteiger partial charge in [-0.15, -0.1) is 0 Å². The highest BCUT2D eigenvalue weighted by Crippen LogP contribution is 2.56. The number of carbonyl (C=O) groups excluding carboxylic acids is 4. The number of likely N-dealkylation sites (tertiary alicyclic amines) is 1. The zero-order valence-electron chi connectivity index (χ0n) is 18.4. The molecule has 2 amide bonds. The van der Waals surface area contributed by atoms with Crippen LogP contribution in [0.1, 0.15) is 44.6 Å². The van der Waals surface area contributed by atoms with Crippen molar-refractivity contribution in [2.24, 2.45) is 17.8 Å². The number of carbonyl (C=O) groups is 4. The molecule has 5 rings (SSSR count). The van der Waals surface area contributed by atoms with E-state index in [0.29, 0.717) is 25.0 Å². The van der Waals surface area contributed by atoms with Gasteiger partial charge in [-0.1, -0.05) is 30.7 Å². The predicted molar refractivity (Wildman–Crippen MR) is 116 cm³/mol. The molecule has 0 saturated carbocycles. The largest absolute Gasteiger partial charge is 0.505 e. The number of aromatic hydroxyl groups is 1. The SMILES string of the molecule is CCCN1C(=O)[C@H]2[C@H](CC=C3[C@H](c4cccc(F)c4O)C4=C(C[C@H]32)C(=O)C=C(C)C4=O)C1=O. The highest BCUT2D eigenvalue weighted by Gasteiger charge is 2.56. The standard InChI is InChI=1S/C26H24FNO5/c1-3-9-28-25(32)15-8-7-13-16(21(15)26(28)33)11-17-19(29)10-12(2)23(30)22(17)20(13)14-5-4-6-18(27)24(14)31/h4-7,10,15-16,20-21,31H,3,8-9,11H2,1-2H3/t15-,16+,20+,21-/m0/s1. The molecule has 1 fully saturated rings. The van der Waals surface area contributed by atoms with Crippen molar-refractivity contribution in [3.8, 4) is 5.75 Å². The maximum absolute atomic E-state index is 14.3. The first-order valence-corrected chi connectivity index (χ1v) is 11.3. The van der Waals surface area contributed by atoms with Crippen LogP contribution < -0.4 is 0 Å². The zero-order valence-corrected chi connectivity index (χ0v) is 18.4. The first-order valence-electron chi connectivity index (χ1n) is 11.3. The topological polar surface area (TPSA) is 91.8 Å². The molecule has 1 aromatic carbocycles. The number of allylic oxidation sites excluding steroid dienone is 6. The lowest BCUT2D eigenvalue weighted by atomic mass is 9.59. The molecular weight excluding hydrogens is 425 g/mol. The summed E-state index contributed by atoms with van der Waals surface area (Å²) in [7, 11) is 0. The molecule has 1 aromatic rings. The number of para-hydroxylation sites is 1. The number of hydrogen-bond donors (Lipinski definition) is 1. The molecule has 33 heavy (non-hydrogen) atoms. The Kier molecular flexibility index (Phi) is 4.96. The Labute approximate surface area is 190 Å². The van der Waals surface area contributed by atoms with Crippen LogP contribution in [0.2, 0.25) is 0 Å². The van der Waals surface area contributed by atoms with Gasteiger partial charge < -0.3 is 5.11 Å². The van der Waals surface area contributed by atoms with E-state index >= 15 is 0 Å². The number of imide groups is 1. The number of phenolic OH excluding ortho intramolecular Hbond substituents is 1. The molecule has 1 aliphatic heterocycles. The molecule has 3 aliphatic carbocycles. The Bertz CT molecular complexity index is 1220. The number of amides is 2. The zero-order chi connectivity index (χ0) is 23.6. The average molecular weight is 449 g/mol. The molecule has 0 bridgehead atoms. The first-order chi connectivity index (χ1) is 15.8. The monoisotopic (exact) mass is 449 g/mol. The number of Topliss-reactive ketones (excluding diaryl/α,β-unsaturated/α-hetero) is 1. The maximum Gasteiger partial charge on any atom is 0.233 e. The summed E-state index contributed by atoms with van der Waals surface area (Å²) in [6.07, 6.45) is 4.30. The third kappa shape index (κ3) is 2.98. The molecular formula is C26H24FNO5. The maximum atomic E-state index is 14.3. The van der Waals surface area contributed by atoms with Gasteiger partial charge in [0.15, 0.2) is 23.1 Å². The van der Waals surface area contributed by atoms with E-state index in [9.17, 15) is 28.7 Å². The fraction of sp³-hybridized carbons (Fsp3) is 0.385. The smallest absolute Gasteiger partial charge is 0.233 e. The minimum absolute atomic E-state index is 0.169. The minimum atomic E-state index is -0.848. The third-order valence-corrected chi connectivity index (χ3v) is 7.43. The van der Waals surface area contributed by atoms with Crippen molar-refractivity contribution < 1.29 is 28.7 Å². The lowest BCUT2D eigenvalue weighted by molar-refractivity contribution is -0.140. The summed E-state index contributed by atoms with van der Waals surface area (Å²) >= 11 is 0. The Morgan fingerprint density at radius 3 is 2.61 bits per heavy atom. The van der Waals surface area contributed by atoms with Crippen LogP contribution in [0.25, 0.3) is 0 Å². The molecule has 0 unspecified atom stereocenters. The summed E-state index contributed by atoms with van der Waals surface area (Å²) in [5, 5.41) is 10.6. The Balaban J connectivity index is 1.70. The van der Waals surface area contributed by atoms with Gasteiger partial charge in [0.2, 0.25) is 11.8 Å². The summed E-state index contributed by atoms with van der Waals surface area (Å²) in [5.41, 5.74) is 1.70. The molecule has 4 atom stereocenters. The number of fused-ring (bicyclic) bond motifs is 3. The number of rotatable bonds is 3. The number of ketones is 2. The van der Waals surface area contributed by atoms with Crippen LogP contribution in [0.4, 0.5) is 4.39 Å². The number of hydrogen-bond acceptors (Lipinski definition) is 5. The van der Waals surface area contributed by atoms with E-state index in [4.69, 9.17) is 0 Å². The molecule has 1 heterocycles. The van der Waals surface area contributed by atoms with Gasteiger partial charge in [-0.3, -0.25) is 24.1 Å². The molecule has 170 valence electrons. The summed E-state index contributed by atoms with van der Waals surface area (Å²) < 4.78 is 14.3. The van der Waals surface area contributed by atoms with Crippen LogP contribution in [0.3, 0.4) is 0 Å². The van der Waals surface area contributed by atoms with Gasteiger partial charge in [-0.2, -0.15) is 0 Å².